The van der Waals surface area contributed by atoms with Gasteiger partial charge < -0.3 is 5.11 Å². The number of carbonyl (C=O) groups excluding carboxylic acids is 1. The van der Waals surface area contributed by atoms with Gasteiger partial charge in [-0.2, -0.15) is 5.01 Å². The average Bonchev–Trinajstić information content (AvgIpc) is 3.40. The number of thioether (sulfide) groups is 1. The number of aliphatic imine (C=N–C) groups is 2. The highest BCUT2D eigenvalue weighted by Crippen LogP contribution is 2.32. The van der Waals surface area contributed by atoms with E-state index >= 15 is 0 Å². The molecule has 34 heavy (non-hydrogen) atoms. The molecule has 1 aliphatic heterocycles. The van der Waals surface area contributed by atoms with Crippen LogP contribution >= 0.6 is 35.0 Å². The zero-order valence-electron chi connectivity index (χ0n) is 18.1. The molecule has 2 heterocycles. The maximum atomic E-state index is 13.3. The van der Waals surface area contributed by atoms with E-state index in [0.29, 0.717) is 26.5 Å². The van der Waals surface area contributed by atoms with Crippen LogP contribution in [0.4, 0.5) is 11.6 Å². The number of benzene rings is 2. The van der Waals surface area contributed by atoms with E-state index in [1.54, 1.807) is 49.4 Å². The minimum atomic E-state index is -0.471. The number of amides is 1. The molecular weight excluding hydrogens is 499 g/mol. The number of hydrogen-bond acceptors (Lipinski definition) is 8. The van der Waals surface area contributed by atoms with E-state index < -0.39 is 5.90 Å². The summed E-state index contributed by atoms with van der Waals surface area (Å²) in [6.07, 6.45) is 3.01. The molecule has 0 spiro atoms. The lowest BCUT2D eigenvalue weighted by molar-refractivity contribution is -0.753. The summed E-state index contributed by atoms with van der Waals surface area (Å²) in [7, 11) is 3.52. The van der Waals surface area contributed by atoms with Crippen molar-refractivity contribution >= 4 is 69.6 Å². The fraction of sp³-hybridized carbons (Fsp3) is 0.136. The number of para-hydroxylation sites is 1. The number of carbonyl (C=O) groups is 1. The van der Waals surface area contributed by atoms with Crippen LogP contribution in [0.1, 0.15) is 5.56 Å². The van der Waals surface area contributed by atoms with Crippen molar-refractivity contribution in [1.82, 2.24) is 5.27 Å². The number of halogens is 2. The second-order valence-electron chi connectivity index (χ2n) is 7.14. The normalized spacial score (nSPS) is 15.2. The van der Waals surface area contributed by atoms with Crippen molar-refractivity contribution in [1.29, 1.82) is 0 Å². The first-order valence-electron chi connectivity index (χ1n) is 9.91. The van der Waals surface area contributed by atoms with E-state index in [4.69, 9.17) is 27.7 Å². The average molecular weight is 517 g/mol. The zero-order valence-corrected chi connectivity index (χ0v) is 20.4. The van der Waals surface area contributed by atoms with Crippen LogP contribution in [0.5, 0.6) is 0 Å². The highest BCUT2D eigenvalue weighted by molar-refractivity contribution is 8.14. The van der Waals surface area contributed by atoms with Crippen LogP contribution in [-0.4, -0.2) is 42.1 Å². The largest absolute Gasteiger partial charge is 0.861 e. The van der Waals surface area contributed by atoms with Gasteiger partial charge in [0.25, 0.3) is 12.1 Å². The number of amidine groups is 1. The van der Waals surface area contributed by atoms with Crippen molar-refractivity contribution in [3.63, 3.8) is 0 Å². The first-order valence-corrected chi connectivity index (χ1v) is 11.6. The van der Waals surface area contributed by atoms with E-state index in [1.807, 2.05) is 18.2 Å². The number of nitrogens with zero attached hydrogens (tertiary/aromatic N) is 6. The van der Waals surface area contributed by atoms with Crippen molar-refractivity contribution in [3.8, 4) is 0 Å². The van der Waals surface area contributed by atoms with Crippen molar-refractivity contribution in [2.45, 2.75) is 0 Å². The van der Waals surface area contributed by atoms with Crippen LogP contribution in [0.15, 0.2) is 74.9 Å². The van der Waals surface area contributed by atoms with Crippen LogP contribution in [0.2, 0.25) is 10.0 Å². The maximum Gasteiger partial charge on any atom is 0.324 e. The molecule has 0 fully saturated rings. The van der Waals surface area contributed by atoms with Crippen LogP contribution < -0.4 is 19.8 Å². The Morgan fingerprint density at radius 2 is 1.91 bits per heavy atom. The van der Waals surface area contributed by atoms with E-state index in [2.05, 4.69) is 15.3 Å². The summed E-state index contributed by atoms with van der Waals surface area (Å²) in [4.78, 5) is 24.5. The predicted molar refractivity (Wildman–Crippen MR) is 132 cm³/mol. The second-order valence-corrected chi connectivity index (χ2v) is 8.89. The highest BCUT2D eigenvalue weighted by Gasteiger charge is 2.32. The Kier molecular flexibility index (Phi) is 7.20. The Morgan fingerprint density at radius 3 is 2.56 bits per heavy atom. The molecule has 174 valence electrons. The molecule has 0 N–H and O–H groups in total. The Balaban J connectivity index is 1.61. The van der Waals surface area contributed by atoms with Gasteiger partial charge in [-0.15, -0.1) is 0 Å². The SMILES string of the molecule is CN(C)[n+]1cc(/N=C(/[O-])CSC2=N/C(=C\c3c(Cl)cccc3Cl)C(=O)N2c2ccccc2)on1. The molecule has 1 amide bonds. The lowest BCUT2D eigenvalue weighted by Crippen LogP contribution is -2.53. The quantitative estimate of drug-likeness (QED) is 0.216. The molecule has 4 rings (SSSR count). The maximum absolute atomic E-state index is 13.3. The topological polar surface area (TPSA) is 101 Å². The summed E-state index contributed by atoms with van der Waals surface area (Å²) in [5.41, 5.74) is 1.25. The molecular formula is C22H18Cl2N6O3S. The third-order valence-electron chi connectivity index (χ3n) is 4.54. The minimum absolute atomic E-state index is 0.0672. The van der Waals surface area contributed by atoms with Gasteiger partial charge in [0.1, 0.15) is 5.70 Å². The molecule has 0 aliphatic carbocycles. The predicted octanol–water partition coefficient (Wildman–Crippen LogP) is 3.03. The van der Waals surface area contributed by atoms with Crippen LogP contribution in [0.25, 0.3) is 6.08 Å². The first kappa shape index (κ1) is 23.8. The van der Waals surface area contributed by atoms with Gasteiger partial charge in [0.15, 0.2) is 5.17 Å². The summed E-state index contributed by atoms with van der Waals surface area (Å²) in [6, 6.07) is 14.1. The van der Waals surface area contributed by atoms with Gasteiger partial charge in [0.2, 0.25) is 5.27 Å². The molecule has 1 aliphatic rings. The van der Waals surface area contributed by atoms with Crippen LogP contribution in [-0.2, 0) is 4.79 Å². The smallest absolute Gasteiger partial charge is 0.324 e. The number of anilines is 1. The van der Waals surface area contributed by atoms with Gasteiger partial charge in [-0.1, -0.05) is 59.2 Å². The lowest BCUT2D eigenvalue weighted by atomic mass is 10.2. The third-order valence-corrected chi connectivity index (χ3v) is 6.12. The summed E-state index contributed by atoms with van der Waals surface area (Å²) in [5.74, 6) is -0.839. The summed E-state index contributed by atoms with van der Waals surface area (Å²) >= 11 is 13.6. The monoisotopic (exact) mass is 516 g/mol. The van der Waals surface area contributed by atoms with Gasteiger partial charge in [-0.05, 0) is 36.2 Å². The molecule has 12 heteroatoms. The molecule has 2 aromatic carbocycles. The van der Waals surface area contributed by atoms with E-state index in [-0.39, 0.29) is 23.2 Å². The molecule has 3 aromatic rings. The van der Waals surface area contributed by atoms with Crippen LogP contribution in [0, 0.1) is 0 Å². The Morgan fingerprint density at radius 1 is 1.21 bits per heavy atom. The van der Waals surface area contributed by atoms with Gasteiger partial charge in [-0.25, -0.2) is 9.98 Å². The molecule has 0 bridgehead atoms. The molecule has 0 unspecified atom stereocenters. The van der Waals surface area contributed by atoms with Gasteiger partial charge >= 0.3 is 5.88 Å². The van der Waals surface area contributed by atoms with E-state index in [9.17, 15) is 9.90 Å². The fourth-order valence-corrected chi connectivity index (χ4v) is 4.24. The Labute approximate surface area is 209 Å². The van der Waals surface area contributed by atoms with E-state index in [0.717, 1.165) is 11.8 Å². The summed E-state index contributed by atoms with van der Waals surface area (Å²) in [6.45, 7) is 0. The number of rotatable bonds is 6. The number of hydrogen-bond donors (Lipinski definition) is 0. The van der Waals surface area contributed by atoms with Crippen molar-refractivity contribution < 1.29 is 19.2 Å². The second kappa shape index (κ2) is 10.3. The fourth-order valence-electron chi connectivity index (χ4n) is 2.93. The highest BCUT2D eigenvalue weighted by atomic mass is 35.5. The minimum Gasteiger partial charge on any atom is -0.861 e. The zero-order chi connectivity index (χ0) is 24.2. The summed E-state index contributed by atoms with van der Waals surface area (Å²) in [5, 5.41) is 18.9. The Bertz CT molecular complexity index is 1290. The molecule has 0 radical (unpaired) electrons. The molecule has 9 nitrogen and oxygen atoms in total. The lowest BCUT2D eigenvalue weighted by Gasteiger charge is -2.18. The Hall–Kier alpha value is -3.34. The molecule has 0 atom stereocenters. The molecule has 1 aromatic heterocycles. The standard InChI is InChI=1S/C22H18Cl2N6O3S/c1-28(2)29-12-20(33-27-29)26-19(31)13-34-22-25-18(11-15-16(23)9-6-10-17(15)24)21(32)30(22)14-7-4-3-5-8-14/h3-12H,13H2,1-2H3/b18-11-. The van der Waals surface area contributed by atoms with Crippen molar-refractivity contribution in [2.24, 2.45) is 9.98 Å². The van der Waals surface area contributed by atoms with Crippen molar-refractivity contribution in [2.75, 3.05) is 29.8 Å². The third kappa shape index (κ3) is 5.24. The first-order chi connectivity index (χ1) is 16.3. The van der Waals surface area contributed by atoms with Gasteiger partial charge in [0, 0.05) is 21.4 Å². The molecule has 0 saturated carbocycles. The van der Waals surface area contributed by atoms with E-state index in [1.165, 1.54) is 22.0 Å². The van der Waals surface area contributed by atoms with Gasteiger partial charge in [-0.3, -0.25) is 14.2 Å². The van der Waals surface area contributed by atoms with Crippen molar-refractivity contribution in [3.05, 3.63) is 76.0 Å². The van der Waals surface area contributed by atoms with Crippen LogP contribution in [0.3, 0.4) is 0 Å². The summed E-state index contributed by atoms with van der Waals surface area (Å²) < 4.78 is 5.03. The van der Waals surface area contributed by atoms with Gasteiger partial charge in [0.05, 0.1) is 24.6 Å². The molecule has 0 saturated heterocycles. The number of aromatic nitrogens is 2.